The molecule has 1 aliphatic heterocycles. The summed E-state index contributed by atoms with van der Waals surface area (Å²) in [6.45, 7) is 0.839. The molecule has 2 heterocycles. The minimum absolute atomic E-state index is 0.149. The third-order valence-electron chi connectivity index (χ3n) is 3.67. The number of thioether (sulfide) groups is 1. The molecule has 1 fully saturated rings. The molecule has 1 amide bonds. The number of rotatable bonds is 4. The zero-order valence-corrected chi connectivity index (χ0v) is 12.6. The highest BCUT2D eigenvalue weighted by Crippen LogP contribution is 2.37. The first kappa shape index (κ1) is 14.1. The molecule has 0 N–H and O–H groups in total. The van der Waals surface area contributed by atoms with Gasteiger partial charge in [0.15, 0.2) is 0 Å². The monoisotopic (exact) mass is 298 g/mol. The predicted octanol–water partition coefficient (Wildman–Crippen LogP) is 3.29. The van der Waals surface area contributed by atoms with Crippen LogP contribution in [-0.4, -0.2) is 28.1 Å². The third kappa shape index (κ3) is 3.45. The van der Waals surface area contributed by atoms with Gasteiger partial charge in [-0.05, 0) is 29.7 Å². The molecule has 0 bridgehead atoms. The molecule has 0 aliphatic carbocycles. The smallest absolute Gasteiger partial charge is 0.224 e. The maximum Gasteiger partial charge on any atom is 0.224 e. The second kappa shape index (κ2) is 6.76. The second-order valence-electron chi connectivity index (χ2n) is 5.08. The van der Waals surface area contributed by atoms with Crippen molar-refractivity contribution in [3.63, 3.8) is 0 Å². The Morgan fingerprint density at radius 3 is 2.71 bits per heavy atom. The largest absolute Gasteiger partial charge is 0.326 e. The molecule has 108 valence electrons. The molecule has 1 saturated heterocycles. The van der Waals surface area contributed by atoms with Gasteiger partial charge in [0.25, 0.3) is 0 Å². The minimum atomic E-state index is 0.149. The lowest BCUT2D eigenvalue weighted by atomic mass is 10.1. The third-order valence-corrected chi connectivity index (χ3v) is 4.93. The number of benzene rings is 1. The SMILES string of the molecule is O=C(CCc1ccccc1)N1CCS[C@@H]1c1ccncc1. The summed E-state index contributed by atoms with van der Waals surface area (Å²) >= 11 is 1.83. The van der Waals surface area contributed by atoms with Gasteiger partial charge in [-0.3, -0.25) is 9.78 Å². The first-order valence-corrected chi connectivity index (χ1v) is 8.24. The zero-order chi connectivity index (χ0) is 14.5. The molecule has 1 aliphatic rings. The van der Waals surface area contributed by atoms with Crippen molar-refractivity contribution in [3.05, 3.63) is 66.0 Å². The highest BCUT2D eigenvalue weighted by molar-refractivity contribution is 7.99. The van der Waals surface area contributed by atoms with Crippen LogP contribution in [0.4, 0.5) is 0 Å². The normalized spacial score (nSPS) is 17.9. The molecule has 1 atom stereocenters. The van der Waals surface area contributed by atoms with Crippen molar-refractivity contribution >= 4 is 17.7 Å². The number of amides is 1. The lowest BCUT2D eigenvalue weighted by molar-refractivity contribution is -0.131. The maximum atomic E-state index is 12.5. The van der Waals surface area contributed by atoms with Crippen LogP contribution in [0.5, 0.6) is 0 Å². The number of aromatic nitrogens is 1. The van der Waals surface area contributed by atoms with Crippen molar-refractivity contribution in [2.75, 3.05) is 12.3 Å². The van der Waals surface area contributed by atoms with Gasteiger partial charge in [0, 0.05) is 31.1 Å². The molecule has 4 heteroatoms. The number of hydrogen-bond donors (Lipinski definition) is 0. The van der Waals surface area contributed by atoms with Gasteiger partial charge in [-0.1, -0.05) is 30.3 Å². The quantitative estimate of drug-likeness (QED) is 0.868. The molecule has 1 aromatic heterocycles. The van der Waals surface area contributed by atoms with Gasteiger partial charge in [0.2, 0.25) is 5.91 Å². The summed E-state index contributed by atoms with van der Waals surface area (Å²) in [5.74, 6) is 1.25. The Bertz CT molecular complexity index is 588. The van der Waals surface area contributed by atoms with E-state index >= 15 is 0 Å². The fourth-order valence-corrected chi connectivity index (χ4v) is 3.85. The molecule has 2 aromatic rings. The van der Waals surface area contributed by atoms with Gasteiger partial charge in [-0.2, -0.15) is 0 Å². The molecule has 1 aromatic carbocycles. The molecule has 0 saturated carbocycles. The molecule has 3 nitrogen and oxygen atoms in total. The number of carbonyl (C=O) groups is 1. The van der Waals surface area contributed by atoms with Gasteiger partial charge in [-0.15, -0.1) is 11.8 Å². The molecular formula is C17H18N2OS. The second-order valence-corrected chi connectivity index (χ2v) is 6.26. The van der Waals surface area contributed by atoms with E-state index in [0.717, 1.165) is 18.7 Å². The summed E-state index contributed by atoms with van der Waals surface area (Å²) in [6, 6.07) is 14.2. The van der Waals surface area contributed by atoms with E-state index in [4.69, 9.17) is 0 Å². The van der Waals surface area contributed by atoms with Crippen LogP contribution < -0.4 is 0 Å². The number of hydrogen-bond acceptors (Lipinski definition) is 3. The molecule has 0 spiro atoms. The van der Waals surface area contributed by atoms with E-state index in [1.54, 1.807) is 12.4 Å². The standard InChI is InChI=1S/C17H18N2OS/c20-16(7-6-14-4-2-1-3-5-14)19-12-13-21-17(19)15-8-10-18-11-9-15/h1-5,8-11,17H,6-7,12-13H2/t17-/m1/s1. The van der Waals surface area contributed by atoms with Gasteiger partial charge >= 0.3 is 0 Å². The number of aryl methyl sites for hydroxylation is 1. The van der Waals surface area contributed by atoms with Crippen molar-refractivity contribution < 1.29 is 4.79 Å². The highest BCUT2D eigenvalue weighted by Gasteiger charge is 2.30. The summed E-state index contributed by atoms with van der Waals surface area (Å²) in [5, 5.41) is 0.149. The van der Waals surface area contributed by atoms with Crippen LogP contribution in [0.2, 0.25) is 0 Å². The summed E-state index contributed by atoms with van der Waals surface area (Å²) in [5.41, 5.74) is 2.39. The van der Waals surface area contributed by atoms with Gasteiger partial charge in [0.1, 0.15) is 5.37 Å². The molecule has 0 radical (unpaired) electrons. The Morgan fingerprint density at radius 1 is 1.19 bits per heavy atom. The molecule has 21 heavy (non-hydrogen) atoms. The number of nitrogens with zero attached hydrogens (tertiary/aromatic N) is 2. The Balaban J connectivity index is 1.64. The fourth-order valence-electron chi connectivity index (χ4n) is 2.57. The Morgan fingerprint density at radius 2 is 1.95 bits per heavy atom. The molecule has 0 unspecified atom stereocenters. The van der Waals surface area contributed by atoms with Gasteiger partial charge in [-0.25, -0.2) is 0 Å². The topological polar surface area (TPSA) is 33.2 Å². The van der Waals surface area contributed by atoms with E-state index < -0.39 is 0 Å². The zero-order valence-electron chi connectivity index (χ0n) is 11.8. The Hall–Kier alpha value is -1.81. The van der Waals surface area contributed by atoms with Gasteiger partial charge < -0.3 is 4.90 Å². The minimum Gasteiger partial charge on any atom is -0.326 e. The number of carbonyl (C=O) groups excluding carboxylic acids is 1. The van der Waals surface area contributed by atoms with Crippen molar-refractivity contribution in [3.8, 4) is 0 Å². The van der Waals surface area contributed by atoms with Crippen molar-refractivity contribution in [2.24, 2.45) is 0 Å². The fraction of sp³-hybridized carbons (Fsp3) is 0.294. The Kier molecular flexibility index (Phi) is 4.55. The van der Waals surface area contributed by atoms with Crippen molar-refractivity contribution in [1.82, 2.24) is 9.88 Å². The predicted molar refractivity (Wildman–Crippen MR) is 85.9 cm³/mol. The van der Waals surface area contributed by atoms with E-state index in [1.807, 2.05) is 47.0 Å². The first-order valence-electron chi connectivity index (χ1n) is 7.19. The van der Waals surface area contributed by atoms with Crippen LogP contribution in [0.15, 0.2) is 54.9 Å². The summed E-state index contributed by atoms with van der Waals surface area (Å²) in [6.07, 6.45) is 4.97. The van der Waals surface area contributed by atoms with Crippen LogP contribution in [0.3, 0.4) is 0 Å². The molecular weight excluding hydrogens is 280 g/mol. The van der Waals surface area contributed by atoms with Crippen LogP contribution in [0.1, 0.15) is 22.9 Å². The first-order chi connectivity index (χ1) is 10.3. The van der Waals surface area contributed by atoms with E-state index in [9.17, 15) is 4.79 Å². The lowest BCUT2D eigenvalue weighted by Gasteiger charge is -2.24. The lowest BCUT2D eigenvalue weighted by Crippen LogP contribution is -2.30. The van der Waals surface area contributed by atoms with E-state index in [0.29, 0.717) is 6.42 Å². The van der Waals surface area contributed by atoms with Crippen LogP contribution >= 0.6 is 11.8 Å². The van der Waals surface area contributed by atoms with E-state index in [1.165, 1.54) is 11.1 Å². The van der Waals surface area contributed by atoms with Crippen molar-refractivity contribution in [2.45, 2.75) is 18.2 Å². The maximum absolute atomic E-state index is 12.5. The number of pyridine rings is 1. The summed E-state index contributed by atoms with van der Waals surface area (Å²) in [7, 11) is 0. The van der Waals surface area contributed by atoms with Crippen LogP contribution in [0.25, 0.3) is 0 Å². The average molecular weight is 298 g/mol. The van der Waals surface area contributed by atoms with Gasteiger partial charge in [0.05, 0.1) is 0 Å². The van der Waals surface area contributed by atoms with E-state index in [2.05, 4.69) is 17.1 Å². The van der Waals surface area contributed by atoms with E-state index in [-0.39, 0.29) is 11.3 Å². The Labute approximate surface area is 129 Å². The van der Waals surface area contributed by atoms with Crippen LogP contribution in [0, 0.1) is 0 Å². The molecule has 3 rings (SSSR count). The highest BCUT2D eigenvalue weighted by atomic mass is 32.2. The summed E-state index contributed by atoms with van der Waals surface area (Å²) < 4.78 is 0. The average Bonchev–Trinajstić information content (AvgIpc) is 3.04. The summed E-state index contributed by atoms with van der Waals surface area (Å²) in [4.78, 5) is 18.6. The van der Waals surface area contributed by atoms with Crippen molar-refractivity contribution in [1.29, 1.82) is 0 Å². The van der Waals surface area contributed by atoms with Crippen LogP contribution in [-0.2, 0) is 11.2 Å².